The molecule has 1 heterocycles. The summed E-state index contributed by atoms with van der Waals surface area (Å²) in [6.07, 6.45) is 4.38. The molecular formula is C13H22OS. The fourth-order valence-electron chi connectivity index (χ4n) is 0.770. The highest BCUT2D eigenvalue weighted by atomic mass is 32.1. The molecule has 1 aromatic heterocycles. The van der Waals surface area contributed by atoms with E-state index in [0.29, 0.717) is 0 Å². The zero-order valence-corrected chi connectivity index (χ0v) is 11.2. The van der Waals surface area contributed by atoms with Crippen LogP contribution in [-0.4, -0.2) is 5.78 Å². The van der Waals surface area contributed by atoms with Gasteiger partial charge in [0.1, 0.15) is 0 Å². The minimum Gasteiger partial charge on any atom is -0.295 e. The molecule has 0 N–H and O–H groups in total. The molecule has 0 fully saturated rings. The Morgan fingerprint density at radius 1 is 1.33 bits per heavy atom. The first-order chi connectivity index (χ1) is 7.29. The van der Waals surface area contributed by atoms with Crippen molar-refractivity contribution in [2.45, 2.75) is 41.0 Å². The molecule has 15 heavy (non-hydrogen) atoms. The van der Waals surface area contributed by atoms with Crippen molar-refractivity contribution in [1.82, 2.24) is 0 Å². The molecule has 1 rings (SSSR count). The highest BCUT2D eigenvalue weighted by Crippen LogP contribution is 2.09. The van der Waals surface area contributed by atoms with Crippen LogP contribution < -0.4 is 0 Å². The van der Waals surface area contributed by atoms with Gasteiger partial charge in [-0.3, -0.25) is 4.79 Å². The lowest BCUT2D eigenvalue weighted by Crippen LogP contribution is -1.80. The molecule has 0 radical (unpaired) electrons. The van der Waals surface area contributed by atoms with Gasteiger partial charge in [-0.1, -0.05) is 39.8 Å². The SMILES string of the molecule is CC.CC.CC(=O)/C=C/Cc1cccs1. The lowest BCUT2D eigenvalue weighted by Gasteiger charge is -1.85. The number of thiophene rings is 1. The molecule has 0 unspecified atom stereocenters. The van der Waals surface area contributed by atoms with Crippen LogP contribution in [-0.2, 0) is 11.2 Å². The van der Waals surface area contributed by atoms with E-state index >= 15 is 0 Å². The molecule has 0 bridgehead atoms. The number of rotatable bonds is 3. The summed E-state index contributed by atoms with van der Waals surface area (Å²) >= 11 is 1.71. The predicted octanol–water partition coefficient (Wildman–Crippen LogP) is 4.49. The molecule has 86 valence electrons. The van der Waals surface area contributed by atoms with E-state index in [4.69, 9.17) is 0 Å². The van der Waals surface area contributed by atoms with Crippen LogP contribution in [0.3, 0.4) is 0 Å². The van der Waals surface area contributed by atoms with E-state index in [-0.39, 0.29) is 5.78 Å². The highest BCUT2D eigenvalue weighted by molar-refractivity contribution is 7.09. The first-order valence-electron chi connectivity index (χ1n) is 5.48. The zero-order chi connectivity index (χ0) is 12.1. The first-order valence-corrected chi connectivity index (χ1v) is 6.36. The Labute approximate surface area is 97.8 Å². The summed E-state index contributed by atoms with van der Waals surface area (Å²) in [6, 6.07) is 4.08. The van der Waals surface area contributed by atoms with Gasteiger partial charge in [0, 0.05) is 11.3 Å². The first kappa shape index (κ1) is 16.5. The average molecular weight is 226 g/mol. The Hall–Kier alpha value is -0.890. The summed E-state index contributed by atoms with van der Waals surface area (Å²) in [4.78, 5) is 11.8. The summed E-state index contributed by atoms with van der Waals surface area (Å²) in [6.45, 7) is 9.56. The summed E-state index contributed by atoms with van der Waals surface area (Å²) in [5.74, 6) is 0.113. The van der Waals surface area contributed by atoms with Crippen LogP contribution in [0.1, 0.15) is 39.5 Å². The molecule has 0 aliphatic heterocycles. The maximum atomic E-state index is 10.5. The average Bonchev–Trinajstić information content (AvgIpc) is 2.76. The highest BCUT2D eigenvalue weighted by Gasteiger charge is 1.88. The van der Waals surface area contributed by atoms with Gasteiger partial charge in [-0.2, -0.15) is 0 Å². The third-order valence-electron chi connectivity index (χ3n) is 1.25. The van der Waals surface area contributed by atoms with Gasteiger partial charge in [0.25, 0.3) is 0 Å². The normalized spacial score (nSPS) is 8.60. The third kappa shape index (κ3) is 11.0. The molecule has 0 aliphatic carbocycles. The molecule has 0 aliphatic rings. The Kier molecular flexibility index (Phi) is 14.5. The minimum atomic E-state index is 0.113. The Morgan fingerprint density at radius 3 is 2.33 bits per heavy atom. The quantitative estimate of drug-likeness (QED) is 0.694. The fourth-order valence-corrected chi connectivity index (χ4v) is 1.45. The Bertz CT molecular complexity index is 248. The van der Waals surface area contributed by atoms with Crippen molar-refractivity contribution < 1.29 is 4.79 Å². The van der Waals surface area contributed by atoms with E-state index in [2.05, 4.69) is 6.07 Å². The van der Waals surface area contributed by atoms with Gasteiger partial charge < -0.3 is 0 Å². The number of carbonyl (C=O) groups excluding carboxylic acids is 1. The molecule has 0 atom stereocenters. The maximum Gasteiger partial charge on any atom is 0.152 e. The second kappa shape index (κ2) is 13.1. The molecule has 0 saturated carbocycles. The smallest absolute Gasteiger partial charge is 0.152 e. The van der Waals surface area contributed by atoms with Gasteiger partial charge in [0.15, 0.2) is 5.78 Å². The van der Waals surface area contributed by atoms with Gasteiger partial charge >= 0.3 is 0 Å². The predicted molar refractivity (Wildman–Crippen MR) is 70.5 cm³/mol. The third-order valence-corrected chi connectivity index (χ3v) is 2.15. The fraction of sp³-hybridized carbons (Fsp3) is 0.462. The number of hydrogen-bond acceptors (Lipinski definition) is 2. The molecule has 1 nitrogen and oxygen atoms in total. The van der Waals surface area contributed by atoms with Gasteiger partial charge in [0.05, 0.1) is 0 Å². The van der Waals surface area contributed by atoms with E-state index in [1.807, 2.05) is 45.2 Å². The topological polar surface area (TPSA) is 17.1 Å². The van der Waals surface area contributed by atoms with Gasteiger partial charge in [-0.05, 0) is 24.4 Å². The molecule has 0 aromatic carbocycles. The molecule has 0 spiro atoms. The van der Waals surface area contributed by atoms with Gasteiger partial charge in [0.2, 0.25) is 0 Å². The van der Waals surface area contributed by atoms with E-state index in [0.717, 1.165) is 6.42 Å². The monoisotopic (exact) mass is 226 g/mol. The van der Waals surface area contributed by atoms with Crippen LogP contribution in [0.2, 0.25) is 0 Å². The van der Waals surface area contributed by atoms with Crippen molar-refractivity contribution in [3.8, 4) is 0 Å². The maximum absolute atomic E-state index is 10.5. The van der Waals surface area contributed by atoms with Crippen LogP contribution in [0.25, 0.3) is 0 Å². The van der Waals surface area contributed by atoms with E-state index in [1.165, 1.54) is 4.88 Å². The van der Waals surface area contributed by atoms with E-state index in [9.17, 15) is 4.79 Å². The summed E-state index contributed by atoms with van der Waals surface area (Å²) in [5, 5.41) is 2.04. The van der Waals surface area contributed by atoms with Crippen molar-refractivity contribution in [3.05, 3.63) is 34.5 Å². The molecule has 1 aromatic rings. The molecule has 0 saturated heterocycles. The lowest BCUT2D eigenvalue weighted by atomic mass is 10.3. The van der Waals surface area contributed by atoms with Crippen molar-refractivity contribution in [2.24, 2.45) is 0 Å². The number of allylic oxidation sites excluding steroid dienone is 2. The standard InChI is InChI=1S/C9H10OS.2C2H6/c1-8(10)4-2-5-9-6-3-7-11-9;2*1-2/h2-4,6-7H,5H2,1H3;2*1-2H3/b4-2+;;. The van der Waals surface area contributed by atoms with Crippen LogP contribution in [0.5, 0.6) is 0 Å². The number of hydrogen-bond donors (Lipinski definition) is 0. The lowest BCUT2D eigenvalue weighted by molar-refractivity contribution is -0.112. The van der Waals surface area contributed by atoms with Crippen LogP contribution in [0, 0.1) is 0 Å². The Balaban J connectivity index is 0. The molecular weight excluding hydrogens is 204 g/mol. The molecule has 2 heteroatoms. The number of ketones is 1. The molecule has 0 amide bonds. The summed E-state index contributed by atoms with van der Waals surface area (Å²) < 4.78 is 0. The number of carbonyl (C=O) groups is 1. The second-order valence-corrected chi connectivity index (χ2v) is 3.33. The van der Waals surface area contributed by atoms with Gasteiger partial charge in [-0.25, -0.2) is 0 Å². The van der Waals surface area contributed by atoms with Crippen molar-refractivity contribution in [1.29, 1.82) is 0 Å². The van der Waals surface area contributed by atoms with Crippen LogP contribution >= 0.6 is 11.3 Å². The van der Waals surface area contributed by atoms with Crippen molar-refractivity contribution in [2.75, 3.05) is 0 Å². The second-order valence-electron chi connectivity index (χ2n) is 2.30. The van der Waals surface area contributed by atoms with E-state index in [1.54, 1.807) is 24.3 Å². The summed E-state index contributed by atoms with van der Waals surface area (Å²) in [5.41, 5.74) is 0. The van der Waals surface area contributed by atoms with Crippen LogP contribution in [0.4, 0.5) is 0 Å². The Morgan fingerprint density at radius 2 is 1.93 bits per heavy atom. The largest absolute Gasteiger partial charge is 0.295 e. The zero-order valence-electron chi connectivity index (χ0n) is 10.4. The van der Waals surface area contributed by atoms with Crippen LogP contribution in [0.15, 0.2) is 29.7 Å². The van der Waals surface area contributed by atoms with E-state index < -0.39 is 0 Å². The van der Waals surface area contributed by atoms with Crippen molar-refractivity contribution in [3.63, 3.8) is 0 Å². The minimum absolute atomic E-state index is 0.113. The van der Waals surface area contributed by atoms with Gasteiger partial charge in [-0.15, -0.1) is 11.3 Å². The summed E-state index contributed by atoms with van der Waals surface area (Å²) in [7, 11) is 0. The van der Waals surface area contributed by atoms with Crippen molar-refractivity contribution >= 4 is 17.1 Å².